The lowest BCUT2D eigenvalue weighted by molar-refractivity contribution is -0.141. The van der Waals surface area contributed by atoms with E-state index in [0.717, 1.165) is 68.3 Å². The summed E-state index contributed by atoms with van der Waals surface area (Å²) < 4.78 is 40.7. The second-order valence-electron chi connectivity index (χ2n) is 15.3. The second-order valence-corrected chi connectivity index (χ2v) is 15.3. The fraction of sp³-hybridized carbons (Fsp3) is 0.375. The number of urea groups is 2. The molecule has 1 saturated carbocycles. The molecule has 4 aromatic rings. The highest BCUT2D eigenvalue weighted by Crippen LogP contribution is 2.48. The van der Waals surface area contributed by atoms with Crippen molar-refractivity contribution < 1.29 is 37.1 Å². The molecule has 0 unspecified atom stereocenters. The van der Waals surface area contributed by atoms with Crippen LogP contribution >= 0.6 is 0 Å². The van der Waals surface area contributed by atoms with Crippen molar-refractivity contribution in [2.45, 2.75) is 44.2 Å². The van der Waals surface area contributed by atoms with Crippen LogP contribution in [0, 0.1) is 5.41 Å². The number of amides is 7. The molecule has 15 nitrogen and oxygen atoms in total. The van der Waals surface area contributed by atoms with Crippen LogP contribution in [-0.2, 0) is 11.0 Å². The Bertz CT molecular complexity index is 2240. The number of rotatable bonds is 7. The number of nitrogens with one attached hydrogen (secondary N) is 2. The maximum atomic E-state index is 13.5. The highest BCUT2D eigenvalue weighted by atomic mass is 19.4. The third-order valence-corrected chi connectivity index (χ3v) is 11.6. The molecule has 0 bridgehead atoms. The van der Waals surface area contributed by atoms with Crippen molar-refractivity contribution in [3.05, 3.63) is 95.6 Å². The Hall–Kier alpha value is -6.46. The number of hydrogen-bond donors (Lipinski definition) is 3. The van der Waals surface area contributed by atoms with Crippen LogP contribution in [0.4, 0.5) is 39.8 Å². The lowest BCUT2D eigenvalue weighted by atomic mass is 9.65. The van der Waals surface area contributed by atoms with Gasteiger partial charge in [-0.15, -0.1) is 0 Å². The highest BCUT2D eigenvalue weighted by molar-refractivity contribution is 6.07. The standard InChI is InChI=1S/C40H41F3N10O5/c41-40(42,43)32-3-1-2-30(45-32)36(56)46-31-22-53(48-34(31)35(44)55)29-10-8-27(9-11-29)49-18-20-50(21-19-49)38(58)51-23-39(24-51)15-12-26(13-16-39)25-4-6-28(7-5-25)52-17-14-33(54)47-37(52)57/h1-11,22,26H,12-21,23-24H2,(H2,44,55)(H,46,56)(H,47,54,57). The quantitative estimate of drug-likeness (QED) is 0.234. The molecular weight excluding hydrogens is 757 g/mol. The fourth-order valence-corrected chi connectivity index (χ4v) is 8.37. The first-order chi connectivity index (χ1) is 27.7. The van der Waals surface area contributed by atoms with Gasteiger partial charge >= 0.3 is 18.2 Å². The van der Waals surface area contributed by atoms with Crippen molar-refractivity contribution in [3.8, 4) is 5.69 Å². The summed E-state index contributed by atoms with van der Waals surface area (Å²) in [5, 5.41) is 8.96. The van der Waals surface area contributed by atoms with Crippen LogP contribution in [0.15, 0.2) is 72.9 Å². The van der Waals surface area contributed by atoms with Crippen molar-refractivity contribution in [2.24, 2.45) is 11.1 Å². The van der Waals surface area contributed by atoms with E-state index < -0.39 is 29.4 Å². The molecule has 4 fully saturated rings. The van der Waals surface area contributed by atoms with E-state index in [4.69, 9.17) is 5.73 Å². The molecule has 1 aliphatic carbocycles. The zero-order chi connectivity index (χ0) is 40.8. The summed E-state index contributed by atoms with van der Waals surface area (Å²) in [7, 11) is 0. The molecule has 58 heavy (non-hydrogen) atoms. The number of hydrogen-bond acceptors (Lipinski definition) is 8. The summed E-state index contributed by atoms with van der Waals surface area (Å²) in [5.74, 6) is -1.73. The third-order valence-electron chi connectivity index (χ3n) is 11.6. The van der Waals surface area contributed by atoms with Crippen LogP contribution in [0.5, 0.6) is 0 Å². The van der Waals surface area contributed by atoms with Crippen LogP contribution in [0.1, 0.15) is 70.3 Å². The molecule has 2 aromatic carbocycles. The fourth-order valence-electron chi connectivity index (χ4n) is 8.37. The lowest BCUT2D eigenvalue weighted by Gasteiger charge is -2.54. The molecule has 3 aliphatic heterocycles. The van der Waals surface area contributed by atoms with Gasteiger partial charge in [0.1, 0.15) is 11.4 Å². The Balaban J connectivity index is 0.808. The van der Waals surface area contributed by atoms with Crippen molar-refractivity contribution in [1.29, 1.82) is 0 Å². The first-order valence-corrected chi connectivity index (χ1v) is 19.1. The predicted octanol–water partition coefficient (Wildman–Crippen LogP) is 4.99. The minimum absolute atomic E-state index is 0.0671. The number of anilines is 3. The summed E-state index contributed by atoms with van der Waals surface area (Å²) in [6, 6.07) is 18.0. The molecule has 4 aliphatic rings. The van der Waals surface area contributed by atoms with Gasteiger partial charge in [0.05, 0.1) is 17.6 Å². The Morgan fingerprint density at radius 1 is 0.828 bits per heavy atom. The van der Waals surface area contributed by atoms with E-state index in [1.165, 1.54) is 16.4 Å². The van der Waals surface area contributed by atoms with Crippen molar-refractivity contribution in [1.82, 2.24) is 29.9 Å². The molecule has 2 aromatic heterocycles. The van der Waals surface area contributed by atoms with Gasteiger partial charge in [-0.3, -0.25) is 24.6 Å². The van der Waals surface area contributed by atoms with Gasteiger partial charge in [0.25, 0.3) is 11.8 Å². The monoisotopic (exact) mass is 798 g/mol. The van der Waals surface area contributed by atoms with Crippen LogP contribution in [0.2, 0.25) is 0 Å². The molecule has 18 heteroatoms. The average molecular weight is 799 g/mol. The average Bonchev–Trinajstić information content (AvgIpc) is 3.64. The van der Waals surface area contributed by atoms with Gasteiger partial charge in [-0.1, -0.05) is 18.2 Å². The largest absolute Gasteiger partial charge is 0.433 e. The minimum Gasteiger partial charge on any atom is -0.368 e. The van der Waals surface area contributed by atoms with E-state index >= 15 is 0 Å². The van der Waals surface area contributed by atoms with Gasteiger partial charge in [-0.05, 0) is 85.7 Å². The number of carbonyl (C=O) groups is 5. The summed E-state index contributed by atoms with van der Waals surface area (Å²) in [4.78, 5) is 73.1. The maximum absolute atomic E-state index is 13.5. The van der Waals surface area contributed by atoms with E-state index in [1.54, 1.807) is 17.0 Å². The van der Waals surface area contributed by atoms with Gasteiger partial charge < -0.3 is 25.8 Å². The van der Waals surface area contributed by atoms with Gasteiger partial charge in [0.15, 0.2) is 5.69 Å². The Labute approximate surface area is 330 Å². The predicted molar refractivity (Wildman–Crippen MR) is 206 cm³/mol. The second kappa shape index (κ2) is 15.1. The molecule has 3 saturated heterocycles. The Kier molecular flexibility index (Phi) is 10.0. The number of alkyl halides is 3. The molecule has 0 atom stereocenters. The number of nitrogens with two attached hydrogens (primary N) is 1. The zero-order valence-corrected chi connectivity index (χ0v) is 31.4. The van der Waals surface area contributed by atoms with Crippen LogP contribution < -0.4 is 26.2 Å². The number of halogens is 3. The van der Waals surface area contributed by atoms with Crippen molar-refractivity contribution in [2.75, 3.05) is 60.9 Å². The number of nitrogens with zero attached hydrogens (tertiary/aromatic N) is 7. The van der Waals surface area contributed by atoms with E-state index in [0.29, 0.717) is 44.3 Å². The molecular formula is C40H41F3N10O5. The maximum Gasteiger partial charge on any atom is 0.433 e. The molecule has 8 rings (SSSR count). The number of benzene rings is 2. The van der Waals surface area contributed by atoms with Crippen molar-refractivity contribution >= 4 is 46.8 Å². The van der Waals surface area contributed by atoms with E-state index in [-0.39, 0.29) is 41.2 Å². The highest BCUT2D eigenvalue weighted by Gasteiger charge is 2.48. The molecule has 5 heterocycles. The van der Waals surface area contributed by atoms with E-state index in [1.807, 2.05) is 34.1 Å². The molecule has 7 amide bonds. The van der Waals surface area contributed by atoms with Gasteiger partial charge in [-0.25, -0.2) is 19.3 Å². The minimum atomic E-state index is -4.74. The smallest absolute Gasteiger partial charge is 0.368 e. The number of pyridine rings is 1. The van der Waals surface area contributed by atoms with Crippen LogP contribution in [0.3, 0.4) is 0 Å². The summed E-state index contributed by atoms with van der Waals surface area (Å²) in [5.41, 5.74) is 7.05. The summed E-state index contributed by atoms with van der Waals surface area (Å²) in [6.07, 6.45) is 1.10. The third kappa shape index (κ3) is 7.77. The molecule has 302 valence electrons. The first-order valence-electron chi connectivity index (χ1n) is 19.1. The zero-order valence-electron chi connectivity index (χ0n) is 31.4. The number of piperazine rings is 1. The Morgan fingerprint density at radius 2 is 1.48 bits per heavy atom. The van der Waals surface area contributed by atoms with Gasteiger partial charge in [0, 0.05) is 69.0 Å². The Morgan fingerprint density at radius 3 is 2.12 bits per heavy atom. The number of likely N-dealkylation sites (tertiary alicyclic amines) is 1. The lowest BCUT2D eigenvalue weighted by Crippen LogP contribution is -2.63. The first kappa shape index (κ1) is 38.4. The normalized spacial score (nSPS) is 18.5. The number of primary amides is 1. The number of carbonyl (C=O) groups excluding carboxylic acids is 5. The van der Waals surface area contributed by atoms with Gasteiger partial charge in [-0.2, -0.15) is 18.3 Å². The number of imide groups is 1. The van der Waals surface area contributed by atoms with E-state index in [2.05, 4.69) is 37.7 Å². The van der Waals surface area contributed by atoms with Crippen LogP contribution in [-0.4, -0.2) is 100 Å². The summed E-state index contributed by atoms with van der Waals surface area (Å²) in [6.45, 7) is 4.32. The van der Waals surface area contributed by atoms with Crippen molar-refractivity contribution in [3.63, 3.8) is 0 Å². The van der Waals surface area contributed by atoms with Gasteiger partial charge in [0.2, 0.25) is 5.91 Å². The topological polar surface area (TPSA) is 179 Å². The van der Waals surface area contributed by atoms with E-state index in [9.17, 15) is 37.1 Å². The SMILES string of the molecule is NC(=O)c1nn(-c2ccc(N3CCN(C(=O)N4CC5(CCC(c6ccc(N7CCC(=O)NC7=O)cc6)CC5)C4)CC3)cc2)cc1NC(=O)c1cccc(C(F)(F)F)n1. The molecule has 1 spiro atoms. The molecule has 4 N–H and O–H groups in total. The van der Waals surface area contributed by atoms with Crippen LogP contribution in [0.25, 0.3) is 5.69 Å². The number of aromatic nitrogens is 3. The summed E-state index contributed by atoms with van der Waals surface area (Å²) >= 11 is 0. The molecule has 0 radical (unpaired) electrons.